The Kier molecular flexibility index (Phi) is 3.13. The summed E-state index contributed by atoms with van der Waals surface area (Å²) in [6.07, 6.45) is 0. The van der Waals surface area contributed by atoms with Gasteiger partial charge in [0.05, 0.1) is 0 Å². The summed E-state index contributed by atoms with van der Waals surface area (Å²) in [6, 6.07) is 0.224. The van der Waals surface area contributed by atoms with Crippen molar-refractivity contribution in [1.82, 2.24) is 9.80 Å². The normalized spacial score (nSPS) is 18.7. The predicted octanol–water partition coefficient (Wildman–Crippen LogP) is 0.474. The van der Waals surface area contributed by atoms with Gasteiger partial charge in [-0.3, -0.25) is 9.59 Å². The number of carbonyl (C=O) groups excluding carboxylic acids is 2. The smallest absolute Gasteiger partial charge is 0.242 e. The fraction of sp³-hybridized carbons (Fsp3) is 0.800. The molecule has 1 aliphatic heterocycles. The molecule has 4 nitrogen and oxygen atoms in total. The first-order valence-electron chi connectivity index (χ1n) is 5.02. The Morgan fingerprint density at radius 3 is 1.36 bits per heavy atom. The third-order valence-corrected chi connectivity index (χ3v) is 2.50. The molecule has 2 amide bonds. The lowest BCUT2D eigenvalue weighted by Gasteiger charge is -2.38. The van der Waals surface area contributed by atoms with E-state index in [0.29, 0.717) is 0 Å². The van der Waals surface area contributed by atoms with Crippen molar-refractivity contribution < 1.29 is 9.59 Å². The van der Waals surface area contributed by atoms with E-state index in [-0.39, 0.29) is 37.0 Å². The zero-order chi connectivity index (χ0) is 10.9. The summed E-state index contributed by atoms with van der Waals surface area (Å²) in [5.74, 6) is 0.0987. The molecule has 0 atom stereocenters. The van der Waals surface area contributed by atoms with E-state index >= 15 is 0 Å². The minimum Gasteiger partial charge on any atom is -0.329 e. The van der Waals surface area contributed by atoms with Crippen molar-refractivity contribution in [1.29, 1.82) is 0 Å². The lowest BCUT2D eigenvalue weighted by Crippen LogP contribution is -2.57. The van der Waals surface area contributed by atoms with Crippen molar-refractivity contribution in [2.45, 2.75) is 39.8 Å². The van der Waals surface area contributed by atoms with E-state index in [1.807, 2.05) is 27.7 Å². The molecule has 0 aromatic carbocycles. The lowest BCUT2D eigenvalue weighted by molar-refractivity contribution is -0.153. The van der Waals surface area contributed by atoms with Crippen LogP contribution in [0.2, 0.25) is 0 Å². The van der Waals surface area contributed by atoms with E-state index in [2.05, 4.69) is 0 Å². The van der Waals surface area contributed by atoms with Gasteiger partial charge in [0.2, 0.25) is 11.8 Å². The monoisotopic (exact) mass is 198 g/mol. The fourth-order valence-corrected chi connectivity index (χ4v) is 1.59. The summed E-state index contributed by atoms with van der Waals surface area (Å²) >= 11 is 0. The molecule has 1 rings (SSSR count). The van der Waals surface area contributed by atoms with Gasteiger partial charge in [0, 0.05) is 12.1 Å². The Bertz CT molecular complexity index is 223. The van der Waals surface area contributed by atoms with Gasteiger partial charge in [-0.2, -0.15) is 0 Å². The van der Waals surface area contributed by atoms with Gasteiger partial charge in [-0.15, -0.1) is 0 Å². The van der Waals surface area contributed by atoms with Crippen molar-refractivity contribution in [3.05, 3.63) is 0 Å². The molecule has 14 heavy (non-hydrogen) atoms. The highest BCUT2D eigenvalue weighted by Crippen LogP contribution is 2.11. The standard InChI is InChI=1S/C10H18N2O2/c1-7(2)11-5-10(14)12(8(3)4)6-9(11)13/h7-8H,5-6H2,1-4H3. The molecular weight excluding hydrogens is 180 g/mol. The van der Waals surface area contributed by atoms with Crippen molar-refractivity contribution in [2.75, 3.05) is 13.1 Å². The largest absolute Gasteiger partial charge is 0.329 e. The summed E-state index contributed by atoms with van der Waals surface area (Å²) in [5, 5.41) is 0. The third-order valence-electron chi connectivity index (χ3n) is 2.50. The quantitative estimate of drug-likeness (QED) is 0.647. The third kappa shape index (κ3) is 2.05. The maximum absolute atomic E-state index is 11.6. The number of piperazine rings is 1. The molecule has 0 aromatic rings. The number of amides is 2. The fourth-order valence-electron chi connectivity index (χ4n) is 1.59. The topological polar surface area (TPSA) is 40.6 Å². The van der Waals surface area contributed by atoms with Gasteiger partial charge in [0.15, 0.2) is 0 Å². The van der Waals surface area contributed by atoms with Crippen molar-refractivity contribution in [2.24, 2.45) is 0 Å². The molecule has 80 valence electrons. The molecule has 1 saturated heterocycles. The van der Waals surface area contributed by atoms with Crippen LogP contribution in [0.3, 0.4) is 0 Å². The number of nitrogens with zero attached hydrogens (tertiary/aromatic N) is 2. The first-order chi connectivity index (χ1) is 6.43. The lowest BCUT2D eigenvalue weighted by atomic mass is 10.2. The molecule has 0 spiro atoms. The van der Waals surface area contributed by atoms with Gasteiger partial charge in [-0.05, 0) is 27.7 Å². The first kappa shape index (κ1) is 11.0. The van der Waals surface area contributed by atoms with Crippen LogP contribution in [-0.4, -0.2) is 46.8 Å². The molecule has 0 unspecified atom stereocenters. The SMILES string of the molecule is CC(C)N1CC(=O)N(C(C)C)CC1=O. The average molecular weight is 198 g/mol. The molecule has 0 bridgehead atoms. The van der Waals surface area contributed by atoms with Crippen LogP contribution in [0.15, 0.2) is 0 Å². The van der Waals surface area contributed by atoms with Gasteiger partial charge in [0.25, 0.3) is 0 Å². The first-order valence-corrected chi connectivity index (χ1v) is 5.02. The van der Waals surface area contributed by atoms with Gasteiger partial charge in [0.1, 0.15) is 13.1 Å². The predicted molar refractivity (Wildman–Crippen MR) is 53.7 cm³/mol. The molecule has 0 radical (unpaired) electrons. The van der Waals surface area contributed by atoms with Crippen LogP contribution in [0.25, 0.3) is 0 Å². The second-order valence-electron chi connectivity index (χ2n) is 4.23. The molecule has 0 saturated carbocycles. The molecule has 4 heteroatoms. The number of hydrogen-bond donors (Lipinski definition) is 0. The summed E-state index contributed by atoms with van der Waals surface area (Å²) < 4.78 is 0. The van der Waals surface area contributed by atoms with Gasteiger partial charge < -0.3 is 9.80 Å². The highest BCUT2D eigenvalue weighted by Gasteiger charge is 2.32. The second-order valence-corrected chi connectivity index (χ2v) is 4.23. The zero-order valence-electron chi connectivity index (χ0n) is 9.28. The van der Waals surface area contributed by atoms with Crippen LogP contribution in [0.4, 0.5) is 0 Å². The molecule has 1 heterocycles. The van der Waals surface area contributed by atoms with Crippen LogP contribution >= 0.6 is 0 Å². The van der Waals surface area contributed by atoms with Crippen LogP contribution in [-0.2, 0) is 9.59 Å². The summed E-state index contributed by atoms with van der Waals surface area (Å²) in [7, 11) is 0. The Morgan fingerprint density at radius 1 is 0.857 bits per heavy atom. The minimum absolute atomic E-state index is 0.0494. The number of rotatable bonds is 2. The number of carbonyl (C=O) groups is 2. The Hall–Kier alpha value is -1.06. The van der Waals surface area contributed by atoms with Crippen LogP contribution in [0, 0.1) is 0 Å². The minimum atomic E-state index is 0.0494. The van der Waals surface area contributed by atoms with Crippen molar-refractivity contribution in [3.63, 3.8) is 0 Å². The van der Waals surface area contributed by atoms with Crippen LogP contribution in [0.5, 0.6) is 0 Å². The molecule has 0 aromatic heterocycles. The Labute approximate surface area is 84.9 Å². The average Bonchev–Trinajstić information content (AvgIpc) is 2.07. The van der Waals surface area contributed by atoms with E-state index in [4.69, 9.17) is 0 Å². The second kappa shape index (κ2) is 3.98. The highest BCUT2D eigenvalue weighted by atomic mass is 16.2. The summed E-state index contributed by atoms with van der Waals surface area (Å²) in [4.78, 5) is 26.5. The number of hydrogen-bond acceptors (Lipinski definition) is 2. The highest BCUT2D eigenvalue weighted by molar-refractivity contribution is 5.92. The van der Waals surface area contributed by atoms with Gasteiger partial charge >= 0.3 is 0 Å². The van der Waals surface area contributed by atoms with Gasteiger partial charge in [-0.1, -0.05) is 0 Å². The maximum Gasteiger partial charge on any atom is 0.242 e. The summed E-state index contributed by atoms with van der Waals surface area (Å²) in [5.41, 5.74) is 0. The van der Waals surface area contributed by atoms with Gasteiger partial charge in [-0.25, -0.2) is 0 Å². The van der Waals surface area contributed by atoms with E-state index < -0.39 is 0 Å². The van der Waals surface area contributed by atoms with Crippen LogP contribution < -0.4 is 0 Å². The van der Waals surface area contributed by atoms with E-state index in [9.17, 15) is 9.59 Å². The molecule has 0 N–H and O–H groups in total. The molecule has 0 aliphatic carbocycles. The summed E-state index contributed by atoms with van der Waals surface area (Å²) in [6.45, 7) is 8.17. The van der Waals surface area contributed by atoms with Crippen LogP contribution in [0.1, 0.15) is 27.7 Å². The van der Waals surface area contributed by atoms with Crippen molar-refractivity contribution >= 4 is 11.8 Å². The molecule has 1 fully saturated rings. The maximum atomic E-state index is 11.6. The van der Waals surface area contributed by atoms with E-state index in [1.165, 1.54) is 0 Å². The Morgan fingerprint density at radius 2 is 1.14 bits per heavy atom. The van der Waals surface area contributed by atoms with E-state index in [1.54, 1.807) is 9.80 Å². The molecule has 1 aliphatic rings. The zero-order valence-corrected chi connectivity index (χ0v) is 9.28. The molecular formula is C10H18N2O2. The van der Waals surface area contributed by atoms with E-state index in [0.717, 1.165) is 0 Å². The van der Waals surface area contributed by atoms with Crippen molar-refractivity contribution in [3.8, 4) is 0 Å². The Balaban J connectivity index is 2.72.